The maximum Gasteiger partial charge on any atom is 0.343 e. The number of ether oxygens (including phenoxy) is 6. The minimum Gasteiger partial charge on any atom is -0.494 e. The van der Waals surface area contributed by atoms with Gasteiger partial charge in [-0.15, -0.1) is 0 Å². The molecule has 0 fully saturated rings. The zero-order valence-corrected chi connectivity index (χ0v) is 34.9. The van der Waals surface area contributed by atoms with Gasteiger partial charge in [0.2, 0.25) is 5.13 Å². The lowest BCUT2D eigenvalue weighted by atomic mass is 10.2. The number of benzene rings is 4. The van der Waals surface area contributed by atoms with Crippen LogP contribution in [0.1, 0.15) is 77.6 Å². The van der Waals surface area contributed by atoms with E-state index in [2.05, 4.69) is 23.2 Å². The Morgan fingerprint density at radius 1 is 0.639 bits per heavy atom. The predicted molar refractivity (Wildman–Crippen MR) is 235 cm³/mol. The molecule has 1 heterocycles. The first-order chi connectivity index (χ1) is 29.7. The summed E-state index contributed by atoms with van der Waals surface area (Å²) < 4.78 is 34.2. The highest BCUT2D eigenvalue weighted by atomic mass is 32.1. The van der Waals surface area contributed by atoms with E-state index in [1.165, 1.54) is 17.6 Å². The lowest BCUT2D eigenvalue weighted by molar-refractivity contribution is -0.138. The summed E-state index contributed by atoms with van der Waals surface area (Å²) in [6.07, 6.45) is 10.7. The van der Waals surface area contributed by atoms with Crippen LogP contribution in [0.4, 0.5) is 5.13 Å². The Morgan fingerprint density at radius 2 is 1.15 bits per heavy atom. The third kappa shape index (κ3) is 15.1. The summed E-state index contributed by atoms with van der Waals surface area (Å²) in [5.74, 6) is -0.372. The van der Waals surface area contributed by atoms with Gasteiger partial charge in [-0.25, -0.2) is 29.2 Å². The van der Waals surface area contributed by atoms with E-state index in [0.29, 0.717) is 59.7 Å². The van der Waals surface area contributed by atoms with Crippen molar-refractivity contribution >= 4 is 56.8 Å². The van der Waals surface area contributed by atoms with Crippen LogP contribution in [0.25, 0.3) is 10.2 Å². The molecule has 0 amide bonds. The molecular weight excluding hydrogens is 799 g/mol. The van der Waals surface area contributed by atoms with Gasteiger partial charge < -0.3 is 28.4 Å². The van der Waals surface area contributed by atoms with Crippen LogP contribution < -0.4 is 24.0 Å². The van der Waals surface area contributed by atoms with Crippen molar-refractivity contribution in [2.75, 3.05) is 38.5 Å². The molecule has 61 heavy (non-hydrogen) atoms. The third-order valence-corrected chi connectivity index (χ3v) is 10.0. The molecule has 0 atom stereocenters. The number of unbranched alkanes of at least 4 members (excludes halogenated alkanes) is 6. The van der Waals surface area contributed by atoms with Crippen LogP contribution in [-0.4, -0.2) is 68.6 Å². The van der Waals surface area contributed by atoms with E-state index in [0.717, 1.165) is 73.7 Å². The SMILES string of the molecule is C=CC(=O)OCCCCCCOc1ccc(C(=O)Oc2ccc(OC(=O)c3ccc(OCCCCCCOC(=O)C=C)cc3)c(/C=N/N(C)c3nc4ccccc4s3)c2)cc1. The maximum atomic E-state index is 13.3. The smallest absolute Gasteiger partial charge is 0.343 e. The number of para-hydroxylation sites is 1. The Bertz CT molecular complexity index is 2240. The molecule has 0 spiro atoms. The van der Waals surface area contributed by atoms with Crippen LogP contribution in [0, 0.1) is 0 Å². The Balaban J connectivity index is 1.17. The molecule has 0 aliphatic heterocycles. The molecule has 0 aliphatic rings. The second-order valence-corrected chi connectivity index (χ2v) is 14.5. The van der Waals surface area contributed by atoms with E-state index in [4.69, 9.17) is 28.4 Å². The number of nitrogens with zero attached hydrogens (tertiary/aromatic N) is 3. The Morgan fingerprint density at radius 3 is 1.69 bits per heavy atom. The summed E-state index contributed by atoms with van der Waals surface area (Å²) in [5, 5.41) is 6.84. The molecule has 318 valence electrons. The summed E-state index contributed by atoms with van der Waals surface area (Å²) >= 11 is 1.48. The van der Waals surface area contributed by atoms with E-state index in [9.17, 15) is 19.2 Å². The number of anilines is 1. The first kappa shape index (κ1) is 45.3. The maximum absolute atomic E-state index is 13.3. The monoisotopic (exact) mass is 847 g/mol. The van der Waals surface area contributed by atoms with Gasteiger partial charge in [-0.1, -0.05) is 36.6 Å². The molecule has 1 aromatic heterocycles. The van der Waals surface area contributed by atoms with Crippen LogP contribution >= 0.6 is 11.3 Å². The first-order valence-corrected chi connectivity index (χ1v) is 20.8. The molecule has 13 nitrogen and oxygen atoms in total. The molecule has 0 unspecified atom stereocenters. The summed E-state index contributed by atoms with van der Waals surface area (Å²) in [5.41, 5.74) is 1.86. The number of esters is 4. The highest BCUT2D eigenvalue weighted by Crippen LogP contribution is 2.29. The minimum atomic E-state index is -0.600. The molecule has 0 saturated heterocycles. The standard InChI is InChI=1S/C47H49N3O10S/c1-4-43(51)57-30-14-8-6-12-28-55-37-22-18-34(19-23-37)45(53)59-39-26-27-41(36(32-39)33-48-50(3)47-49-40-16-10-11-17-42(40)61-47)60-46(54)35-20-24-38(25-21-35)56-29-13-7-9-15-31-58-44(52)5-2/h4-5,10-11,16-27,32-33H,1-2,6-9,12-15,28-31H2,3H3/b48-33+. The normalized spacial score (nSPS) is 10.8. The highest BCUT2D eigenvalue weighted by Gasteiger charge is 2.16. The Hall–Kier alpha value is -6.80. The molecule has 14 heteroatoms. The lowest BCUT2D eigenvalue weighted by Gasteiger charge is -2.12. The van der Waals surface area contributed by atoms with E-state index in [1.807, 2.05) is 24.3 Å². The van der Waals surface area contributed by atoms with Crippen molar-refractivity contribution in [2.45, 2.75) is 51.4 Å². The average molecular weight is 848 g/mol. The van der Waals surface area contributed by atoms with Gasteiger partial charge in [0.15, 0.2) is 0 Å². The van der Waals surface area contributed by atoms with Crippen LogP contribution in [0.15, 0.2) is 121 Å². The number of carbonyl (C=O) groups excluding carboxylic acids is 4. The second-order valence-electron chi connectivity index (χ2n) is 13.5. The number of hydrogen-bond acceptors (Lipinski definition) is 14. The number of hydrazone groups is 1. The Labute approximate surface area is 359 Å². The average Bonchev–Trinajstić information content (AvgIpc) is 3.73. The van der Waals surface area contributed by atoms with Gasteiger partial charge >= 0.3 is 23.9 Å². The van der Waals surface area contributed by atoms with E-state index >= 15 is 0 Å². The van der Waals surface area contributed by atoms with Gasteiger partial charge in [-0.2, -0.15) is 5.10 Å². The summed E-state index contributed by atoms with van der Waals surface area (Å²) in [6, 6.07) is 25.8. The molecule has 0 N–H and O–H groups in total. The van der Waals surface area contributed by atoms with Gasteiger partial charge in [-0.3, -0.25) is 0 Å². The molecule has 0 saturated carbocycles. The van der Waals surface area contributed by atoms with E-state index in [1.54, 1.807) is 78.8 Å². The van der Waals surface area contributed by atoms with Gasteiger partial charge in [0.1, 0.15) is 23.0 Å². The molecule has 0 bridgehead atoms. The third-order valence-electron chi connectivity index (χ3n) is 8.94. The van der Waals surface area contributed by atoms with Gasteiger partial charge in [0.25, 0.3) is 0 Å². The molecule has 5 rings (SSSR count). The molecule has 4 aromatic carbocycles. The zero-order valence-electron chi connectivity index (χ0n) is 34.1. The fraction of sp³-hybridized carbons (Fsp3) is 0.277. The van der Waals surface area contributed by atoms with Crippen molar-refractivity contribution < 1.29 is 47.6 Å². The number of rotatable bonds is 25. The number of fused-ring (bicyclic) bond motifs is 1. The number of aromatic nitrogens is 1. The van der Waals surface area contributed by atoms with Gasteiger partial charge in [-0.05, 0) is 130 Å². The lowest BCUT2D eigenvalue weighted by Crippen LogP contribution is -2.12. The van der Waals surface area contributed by atoms with Gasteiger partial charge in [0, 0.05) is 24.8 Å². The van der Waals surface area contributed by atoms with E-state index < -0.39 is 23.9 Å². The molecule has 5 aromatic rings. The van der Waals surface area contributed by atoms with Crippen molar-refractivity contribution in [3.05, 3.63) is 133 Å². The van der Waals surface area contributed by atoms with Crippen molar-refractivity contribution in [1.29, 1.82) is 0 Å². The predicted octanol–water partition coefficient (Wildman–Crippen LogP) is 9.54. The summed E-state index contributed by atoms with van der Waals surface area (Å²) in [4.78, 5) is 53.4. The highest BCUT2D eigenvalue weighted by molar-refractivity contribution is 7.22. The quantitative estimate of drug-likeness (QED) is 0.0137. The molecule has 0 aliphatic carbocycles. The minimum absolute atomic E-state index is 0.198. The molecule has 0 radical (unpaired) electrons. The van der Waals surface area contributed by atoms with Gasteiger partial charge in [0.05, 0.1) is 54.0 Å². The number of thiazole rings is 1. The van der Waals surface area contributed by atoms with E-state index in [-0.39, 0.29) is 11.5 Å². The number of hydrogen-bond donors (Lipinski definition) is 0. The van der Waals surface area contributed by atoms with Crippen LogP contribution in [-0.2, 0) is 19.1 Å². The van der Waals surface area contributed by atoms with Crippen molar-refractivity contribution in [3.63, 3.8) is 0 Å². The summed E-state index contributed by atoms with van der Waals surface area (Å²) in [7, 11) is 1.76. The zero-order chi connectivity index (χ0) is 43.2. The first-order valence-electron chi connectivity index (χ1n) is 20.0. The fourth-order valence-electron chi connectivity index (χ4n) is 5.64. The van der Waals surface area contributed by atoms with Crippen LogP contribution in [0.2, 0.25) is 0 Å². The van der Waals surface area contributed by atoms with Crippen LogP contribution in [0.5, 0.6) is 23.0 Å². The molecular formula is C47H49N3O10S. The topological polar surface area (TPSA) is 152 Å². The second kappa shape index (κ2) is 24.3. The number of carbonyl (C=O) groups is 4. The van der Waals surface area contributed by atoms with Crippen LogP contribution in [0.3, 0.4) is 0 Å². The Kier molecular flexibility index (Phi) is 18.1. The summed E-state index contributed by atoms with van der Waals surface area (Å²) in [6.45, 7) is 8.50. The fourth-order valence-corrected chi connectivity index (χ4v) is 6.52. The van der Waals surface area contributed by atoms with Crippen molar-refractivity contribution in [3.8, 4) is 23.0 Å². The van der Waals surface area contributed by atoms with Crippen molar-refractivity contribution in [1.82, 2.24) is 4.98 Å². The largest absolute Gasteiger partial charge is 0.494 e. The van der Waals surface area contributed by atoms with Crippen molar-refractivity contribution in [2.24, 2.45) is 5.10 Å².